The topological polar surface area (TPSA) is 106 Å². The predicted molar refractivity (Wildman–Crippen MR) is 140 cm³/mol. The van der Waals surface area contributed by atoms with Gasteiger partial charge in [-0.3, -0.25) is 9.78 Å². The lowest BCUT2D eigenvalue weighted by molar-refractivity contribution is -0.121. The largest absolute Gasteiger partial charge is 0.394 e. The predicted octanol–water partition coefficient (Wildman–Crippen LogP) is 5.05. The lowest BCUT2D eigenvalue weighted by atomic mass is 9.64. The average Bonchev–Trinajstić information content (AvgIpc) is 3.14. The molecule has 3 rings (SSSR count). The van der Waals surface area contributed by atoms with Gasteiger partial charge in [0.2, 0.25) is 0 Å². The molecule has 6 nitrogen and oxygen atoms in total. The third-order valence-electron chi connectivity index (χ3n) is 6.74. The fourth-order valence-corrected chi connectivity index (χ4v) is 5.56. The highest BCUT2D eigenvalue weighted by Gasteiger charge is 2.60. The van der Waals surface area contributed by atoms with Gasteiger partial charge in [0, 0.05) is 29.1 Å². The summed E-state index contributed by atoms with van der Waals surface area (Å²) in [7, 11) is 0. The van der Waals surface area contributed by atoms with Gasteiger partial charge in [-0.05, 0) is 64.4 Å². The molecule has 0 bridgehead atoms. The minimum atomic E-state index is -1.36. The molecule has 1 aromatic carbocycles. The summed E-state index contributed by atoms with van der Waals surface area (Å²) in [6.07, 6.45) is 1.93. The van der Waals surface area contributed by atoms with Crippen molar-refractivity contribution in [1.29, 1.82) is 5.26 Å². The van der Waals surface area contributed by atoms with Crippen molar-refractivity contribution in [3.05, 3.63) is 63.1 Å². The second-order valence-corrected chi connectivity index (χ2v) is 11.9. The van der Waals surface area contributed by atoms with Crippen LogP contribution in [0.4, 0.5) is 4.39 Å². The van der Waals surface area contributed by atoms with Crippen molar-refractivity contribution in [1.82, 2.24) is 10.3 Å². The van der Waals surface area contributed by atoms with E-state index in [1.807, 2.05) is 20.8 Å². The summed E-state index contributed by atoms with van der Waals surface area (Å²) in [6, 6.07) is 9.26. The Labute approximate surface area is 225 Å². The number of rotatable bonds is 9. The number of nitrogens with one attached hydrogen (secondary N) is 1. The fraction of sp³-hybridized carbons (Fsp3) is 0.519. The third kappa shape index (κ3) is 5.98. The quantitative estimate of drug-likeness (QED) is 0.383. The zero-order valence-electron chi connectivity index (χ0n) is 20.6. The minimum Gasteiger partial charge on any atom is -0.394 e. The number of pyridine rings is 1. The van der Waals surface area contributed by atoms with Crippen LogP contribution >= 0.6 is 27.5 Å². The van der Waals surface area contributed by atoms with Crippen LogP contribution in [0.3, 0.4) is 0 Å². The second kappa shape index (κ2) is 11.7. The zero-order chi connectivity index (χ0) is 26.7. The highest BCUT2D eigenvalue weighted by Crippen LogP contribution is 2.51. The molecule has 0 spiro atoms. The molecular formula is C27H32BrClFN3O3. The molecule has 0 saturated carbocycles. The zero-order valence-corrected chi connectivity index (χ0v) is 23.0. The van der Waals surface area contributed by atoms with Gasteiger partial charge in [-0.15, -0.1) is 0 Å². The fourth-order valence-electron chi connectivity index (χ4n) is 5.14. The second-order valence-electron chi connectivity index (χ2n) is 10.6. The summed E-state index contributed by atoms with van der Waals surface area (Å²) in [5, 5.41) is 32.9. The van der Waals surface area contributed by atoms with Crippen molar-refractivity contribution in [2.45, 2.75) is 76.0 Å². The maximum absolute atomic E-state index is 15.5. The van der Waals surface area contributed by atoms with E-state index in [1.54, 1.807) is 30.5 Å². The van der Waals surface area contributed by atoms with Crippen LogP contribution in [-0.4, -0.2) is 45.8 Å². The number of ketones is 1. The molecule has 5 atom stereocenters. The first-order chi connectivity index (χ1) is 16.9. The van der Waals surface area contributed by atoms with E-state index in [4.69, 9.17) is 16.7 Å². The Bertz CT molecular complexity index is 1120. The van der Waals surface area contributed by atoms with E-state index < -0.39 is 35.3 Å². The number of carbonyl (C=O) groups excluding carboxylic acids is 1. The molecule has 36 heavy (non-hydrogen) atoms. The summed E-state index contributed by atoms with van der Waals surface area (Å²) >= 11 is 9.55. The van der Waals surface area contributed by atoms with Gasteiger partial charge >= 0.3 is 0 Å². The average molecular weight is 581 g/mol. The number of aliphatic hydroxyl groups excluding tert-OH is 2. The van der Waals surface area contributed by atoms with Crippen LogP contribution in [0.2, 0.25) is 5.02 Å². The number of hydrogen-bond donors (Lipinski definition) is 3. The molecule has 1 aromatic heterocycles. The van der Waals surface area contributed by atoms with Crippen LogP contribution in [0.25, 0.3) is 0 Å². The van der Waals surface area contributed by atoms with Crippen molar-refractivity contribution in [3.63, 3.8) is 0 Å². The summed E-state index contributed by atoms with van der Waals surface area (Å²) < 4.78 is 16.3. The first-order valence-corrected chi connectivity index (χ1v) is 13.2. The first-order valence-electron chi connectivity index (χ1n) is 12.0. The van der Waals surface area contributed by atoms with Crippen molar-refractivity contribution < 1.29 is 19.4 Å². The number of benzene rings is 1. The molecule has 3 N–H and O–H groups in total. The normalized spacial score (nSPS) is 24.9. The molecule has 1 saturated heterocycles. The highest BCUT2D eigenvalue weighted by atomic mass is 79.9. The molecular weight excluding hydrogens is 549 g/mol. The maximum atomic E-state index is 15.5. The van der Waals surface area contributed by atoms with Gasteiger partial charge in [0.1, 0.15) is 17.0 Å². The van der Waals surface area contributed by atoms with Crippen LogP contribution in [-0.2, 0) is 10.2 Å². The van der Waals surface area contributed by atoms with Crippen LogP contribution in [0.15, 0.2) is 41.0 Å². The lowest BCUT2D eigenvalue weighted by Crippen LogP contribution is -2.44. The number of Topliss-reactive ketones (excluding diaryl/α,β-unsaturated/α-hetero) is 1. The van der Waals surface area contributed by atoms with Crippen molar-refractivity contribution in [3.8, 4) is 6.07 Å². The number of nitriles is 1. The molecule has 1 aliphatic heterocycles. The molecule has 0 unspecified atom stereocenters. The van der Waals surface area contributed by atoms with Crippen LogP contribution in [0, 0.1) is 22.6 Å². The monoisotopic (exact) mass is 579 g/mol. The Balaban J connectivity index is 2.19. The molecule has 0 radical (unpaired) electrons. The van der Waals surface area contributed by atoms with Gasteiger partial charge < -0.3 is 15.5 Å². The molecule has 9 heteroatoms. The van der Waals surface area contributed by atoms with Gasteiger partial charge in [-0.1, -0.05) is 44.5 Å². The minimum absolute atomic E-state index is 0.0837. The van der Waals surface area contributed by atoms with Gasteiger partial charge in [0.25, 0.3) is 0 Å². The Morgan fingerprint density at radius 2 is 2.08 bits per heavy atom. The van der Waals surface area contributed by atoms with E-state index >= 15 is 4.39 Å². The van der Waals surface area contributed by atoms with E-state index in [0.29, 0.717) is 18.5 Å². The Morgan fingerprint density at radius 3 is 2.67 bits per heavy atom. The summed E-state index contributed by atoms with van der Waals surface area (Å²) in [5.74, 6) is -1.75. The first kappa shape index (κ1) is 28.7. The third-order valence-corrected chi connectivity index (χ3v) is 7.50. The molecule has 1 fully saturated rings. The maximum Gasteiger partial charge on any atom is 0.150 e. The van der Waals surface area contributed by atoms with Crippen LogP contribution in [0.5, 0.6) is 0 Å². The number of nitrogens with zero attached hydrogens (tertiary/aromatic N) is 2. The lowest BCUT2D eigenvalue weighted by Gasteiger charge is -2.36. The van der Waals surface area contributed by atoms with Gasteiger partial charge in [0.15, 0.2) is 0 Å². The number of aliphatic hydroxyl groups is 2. The van der Waals surface area contributed by atoms with E-state index in [0.717, 1.165) is 4.47 Å². The van der Waals surface area contributed by atoms with E-state index in [1.165, 1.54) is 6.07 Å². The summed E-state index contributed by atoms with van der Waals surface area (Å²) in [6.45, 7) is 5.76. The van der Waals surface area contributed by atoms with Crippen molar-refractivity contribution in [2.75, 3.05) is 6.61 Å². The van der Waals surface area contributed by atoms with Crippen LogP contribution in [0.1, 0.15) is 63.6 Å². The van der Waals surface area contributed by atoms with E-state index in [2.05, 4.69) is 32.3 Å². The highest BCUT2D eigenvalue weighted by molar-refractivity contribution is 9.10. The van der Waals surface area contributed by atoms with Gasteiger partial charge in [-0.25, -0.2) is 4.39 Å². The molecule has 1 aliphatic rings. The van der Waals surface area contributed by atoms with Crippen LogP contribution < -0.4 is 5.32 Å². The number of carbonyl (C=O) groups is 1. The molecule has 2 aromatic rings. The Kier molecular flexibility index (Phi) is 9.29. The molecule has 2 heterocycles. The molecule has 0 aliphatic carbocycles. The number of hydrogen-bond acceptors (Lipinski definition) is 6. The number of halogens is 3. The smallest absolute Gasteiger partial charge is 0.150 e. The van der Waals surface area contributed by atoms with Gasteiger partial charge in [-0.2, -0.15) is 5.26 Å². The van der Waals surface area contributed by atoms with Crippen molar-refractivity contribution in [2.24, 2.45) is 5.41 Å². The Morgan fingerprint density at radius 1 is 1.36 bits per heavy atom. The summed E-state index contributed by atoms with van der Waals surface area (Å²) in [4.78, 5) is 18.2. The van der Waals surface area contributed by atoms with Crippen molar-refractivity contribution >= 4 is 33.3 Å². The van der Waals surface area contributed by atoms with E-state index in [-0.39, 0.29) is 41.2 Å². The van der Waals surface area contributed by atoms with E-state index in [9.17, 15) is 15.2 Å². The molecule has 0 amide bonds. The SMILES string of the molecule is CC(C)(C)C[C@@H]1N[C@@H](C(=O)CCC[C@H](O)CO)[C@H](c2cccc(Cl)c2F)[C@@]1(C#N)c1ccc(Br)cn1. The Hall–Kier alpha value is -1.89. The number of aromatic nitrogens is 1. The summed E-state index contributed by atoms with van der Waals surface area (Å²) in [5.41, 5.74) is -0.933. The standard InChI is InChI=1S/C27H32BrClFN3O3/c1-26(2,3)12-22-27(15-31,21-11-10-16(28)13-32-21)23(18-7-5-8-19(29)24(18)30)25(33-22)20(36)9-4-6-17(35)14-34/h5,7-8,10-11,13,17,22-23,25,33-35H,4,6,9,12,14H2,1-3H3/t17-,22-,23-,25-,27-/m0/s1. The van der Waals surface area contributed by atoms with Gasteiger partial charge in [0.05, 0.1) is 35.5 Å². The molecule has 194 valence electrons.